The van der Waals surface area contributed by atoms with Gasteiger partial charge >= 0.3 is 5.97 Å². The molecule has 2 aromatic rings. The number of hydrogen-bond acceptors (Lipinski definition) is 4. The van der Waals surface area contributed by atoms with E-state index >= 15 is 0 Å². The van der Waals surface area contributed by atoms with Gasteiger partial charge in [-0.2, -0.15) is 0 Å². The van der Waals surface area contributed by atoms with Crippen LogP contribution in [0.1, 0.15) is 52.0 Å². The van der Waals surface area contributed by atoms with Crippen molar-refractivity contribution in [3.05, 3.63) is 59.3 Å². The summed E-state index contributed by atoms with van der Waals surface area (Å²) in [6.07, 6.45) is 6.67. The van der Waals surface area contributed by atoms with Crippen molar-refractivity contribution in [2.45, 2.75) is 32.2 Å². The average Bonchev–Trinajstić information content (AvgIpc) is 2.96. The largest absolute Gasteiger partial charge is 0.478 e. The van der Waals surface area contributed by atoms with Crippen LogP contribution in [0.15, 0.2) is 42.6 Å². The predicted molar refractivity (Wildman–Crippen MR) is 99.5 cm³/mol. The van der Waals surface area contributed by atoms with Gasteiger partial charge in [0.05, 0.1) is 5.56 Å². The van der Waals surface area contributed by atoms with E-state index in [2.05, 4.69) is 15.2 Å². The number of anilines is 1. The summed E-state index contributed by atoms with van der Waals surface area (Å²) in [6.45, 7) is 2.41. The van der Waals surface area contributed by atoms with Crippen LogP contribution >= 0.6 is 0 Å². The van der Waals surface area contributed by atoms with E-state index in [0.717, 1.165) is 24.5 Å². The third-order valence-electron chi connectivity index (χ3n) is 4.56. The summed E-state index contributed by atoms with van der Waals surface area (Å²) < 4.78 is 0. The van der Waals surface area contributed by atoms with Gasteiger partial charge in [0, 0.05) is 31.4 Å². The Bertz CT molecular complexity index is 783. The van der Waals surface area contributed by atoms with Crippen molar-refractivity contribution in [1.82, 2.24) is 10.3 Å². The Morgan fingerprint density at radius 3 is 2.50 bits per heavy atom. The zero-order valence-corrected chi connectivity index (χ0v) is 14.6. The molecule has 0 spiro atoms. The minimum Gasteiger partial charge on any atom is -0.478 e. The lowest BCUT2D eigenvalue weighted by molar-refractivity contribution is 0.0697. The maximum Gasteiger partial charge on any atom is 0.335 e. The summed E-state index contributed by atoms with van der Waals surface area (Å²) in [4.78, 5) is 30.1. The Morgan fingerprint density at radius 2 is 1.77 bits per heavy atom. The number of carboxylic acids is 1. The fraction of sp³-hybridized carbons (Fsp3) is 0.350. The first-order valence-corrected chi connectivity index (χ1v) is 8.95. The number of aromatic nitrogens is 1. The lowest BCUT2D eigenvalue weighted by Gasteiger charge is -2.21. The molecule has 1 aliphatic rings. The van der Waals surface area contributed by atoms with Gasteiger partial charge in [0.15, 0.2) is 0 Å². The number of hydrogen-bond donors (Lipinski definition) is 2. The Labute approximate surface area is 152 Å². The second-order valence-electron chi connectivity index (χ2n) is 6.49. The number of carboxylic acid groups (broad SMARTS) is 1. The molecule has 6 nitrogen and oxygen atoms in total. The molecule has 6 heteroatoms. The van der Waals surface area contributed by atoms with Crippen molar-refractivity contribution in [3.8, 4) is 0 Å². The van der Waals surface area contributed by atoms with E-state index in [4.69, 9.17) is 5.11 Å². The third-order valence-corrected chi connectivity index (χ3v) is 4.56. The molecule has 0 bridgehead atoms. The molecule has 0 atom stereocenters. The number of amides is 1. The third kappa shape index (κ3) is 4.59. The molecule has 0 saturated carbocycles. The molecule has 1 amide bonds. The molecule has 1 aliphatic heterocycles. The zero-order valence-electron chi connectivity index (χ0n) is 14.6. The molecule has 2 heterocycles. The van der Waals surface area contributed by atoms with Crippen LogP contribution in [0.4, 0.5) is 5.82 Å². The predicted octanol–water partition coefficient (Wildman–Crippen LogP) is 3.09. The number of carbonyl (C=O) groups is 2. The van der Waals surface area contributed by atoms with E-state index in [0.29, 0.717) is 12.1 Å². The Morgan fingerprint density at radius 1 is 1.04 bits per heavy atom. The number of carbonyl (C=O) groups excluding carboxylic acids is 1. The first-order valence-electron chi connectivity index (χ1n) is 8.95. The molecule has 0 aliphatic carbocycles. The quantitative estimate of drug-likeness (QED) is 0.863. The number of pyridine rings is 1. The minimum absolute atomic E-state index is 0.102. The summed E-state index contributed by atoms with van der Waals surface area (Å²) in [6, 6.07) is 9.93. The molecule has 1 saturated heterocycles. The summed E-state index contributed by atoms with van der Waals surface area (Å²) in [5, 5.41) is 11.9. The molecular formula is C20H23N3O3. The lowest BCUT2D eigenvalue weighted by atomic mass is 10.1. The van der Waals surface area contributed by atoms with Crippen molar-refractivity contribution in [3.63, 3.8) is 0 Å². The zero-order chi connectivity index (χ0) is 18.4. The lowest BCUT2D eigenvalue weighted by Crippen LogP contribution is -2.26. The van der Waals surface area contributed by atoms with E-state index in [-0.39, 0.29) is 11.5 Å². The Kier molecular flexibility index (Phi) is 5.84. The summed E-state index contributed by atoms with van der Waals surface area (Å²) >= 11 is 0. The Balaban J connectivity index is 1.64. The molecule has 3 rings (SSSR count). The average molecular weight is 353 g/mol. The van der Waals surface area contributed by atoms with Crippen LogP contribution in [0, 0.1) is 0 Å². The second kappa shape index (κ2) is 8.47. The van der Waals surface area contributed by atoms with Crippen LogP contribution < -0.4 is 10.2 Å². The molecule has 1 aromatic carbocycles. The fourth-order valence-corrected chi connectivity index (χ4v) is 3.12. The van der Waals surface area contributed by atoms with Crippen molar-refractivity contribution < 1.29 is 14.7 Å². The summed E-state index contributed by atoms with van der Waals surface area (Å²) in [5.41, 5.74) is 1.42. The van der Waals surface area contributed by atoms with Crippen LogP contribution in [0.2, 0.25) is 0 Å². The van der Waals surface area contributed by atoms with Gasteiger partial charge in [0.2, 0.25) is 0 Å². The molecular weight excluding hydrogens is 330 g/mol. The van der Waals surface area contributed by atoms with Crippen molar-refractivity contribution in [1.29, 1.82) is 0 Å². The van der Waals surface area contributed by atoms with Crippen molar-refractivity contribution >= 4 is 17.7 Å². The van der Waals surface area contributed by atoms with Crippen LogP contribution in [0.3, 0.4) is 0 Å². The van der Waals surface area contributed by atoms with Crippen LogP contribution in [-0.4, -0.2) is 35.1 Å². The molecule has 2 N–H and O–H groups in total. The standard InChI is InChI=1S/C20H23N3O3/c24-19(16-6-5-7-17(13-16)20(25)26)22-14-15-8-9-21-18(12-15)23-10-3-1-2-4-11-23/h5-9,12-13H,1-4,10-11,14H2,(H,22,24)(H,25,26). The molecule has 26 heavy (non-hydrogen) atoms. The second-order valence-corrected chi connectivity index (χ2v) is 6.49. The first kappa shape index (κ1) is 17.9. The fourth-order valence-electron chi connectivity index (χ4n) is 3.12. The number of benzene rings is 1. The van der Waals surface area contributed by atoms with Gasteiger partial charge in [0.1, 0.15) is 5.82 Å². The number of nitrogens with zero attached hydrogens (tertiary/aromatic N) is 2. The molecule has 0 radical (unpaired) electrons. The molecule has 0 unspecified atom stereocenters. The maximum atomic E-state index is 12.3. The van der Waals surface area contributed by atoms with Gasteiger partial charge in [0.25, 0.3) is 5.91 Å². The Hall–Kier alpha value is -2.89. The van der Waals surface area contributed by atoms with E-state index in [9.17, 15) is 9.59 Å². The smallest absolute Gasteiger partial charge is 0.335 e. The highest BCUT2D eigenvalue weighted by Crippen LogP contribution is 2.18. The van der Waals surface area contributed by atoms with Crippen LogP contribution in [0.25, 0.3) is 0 Å². The SMILES string of the molecule is O=C(O)c1cccc(C(=O)NCc2ccnc(N3CCCCCC3)c2)c1. The van der Waals surface area contributed by atoms with Gasteiger partial charge in [-0.05, 0) is 48.7 Å². The maximum absolute atomic E-state index is 12.3. The number of rotatable bonds is 5. The normalized spacial score (nSPS) is 14.5. The first-order chi connectivity index (χ1) is 12.6. The van der Waals surface area contributed by atoms with E-state index in [1.54, 1.807) is 18.3 Å². The van der Waals surface area contributed by atoms with Gasteiger partial charge in [-0.25, -0.2) is 9.78 Å². The number of aromatic carboxylic acids is 1. The van der Waals surface area contributed by atoms with Crippen LogP contribution in [0.5, 0.6) is 0 Å². The summed E-state index contributed by atoms with van der Waals surface area (Å²) in [5.74, 6) is -0.386. The van der Waals surface area contributed by atoms with Gasteiger partial charge in [-0.1, -0.05) is 18.9 Å². The van der Waals surface area contributed by atoms with E-state index in [1.807, 2.05) is 12.1 Å². The van der Waals surface area contributed by atoms with E-state index in [1.165, 1.54) is 37.8 Å². The van der Waals surface area contributed by atoms with E-state index < -0.39 is 5.97 Å². The minimum atomic E-state index is -1.05. The van der Waals surface area contributed by atoms with Crippen molar-refractivity contribution in [2.24, 2.45) is 0 Å². The van der Waals surface area contributed by atoms with Crippen molar-refractivity contribution in [2.75, 3.05) is 18.0 Å². The molecule has 1 fully saturated rings. The molecule has 136 valence electrons. The summed E-state index contributed by atoms with van der Waals surface area (Å²) in [7, 11) is 0. The van der Waals surface area contributed by atoms with Gasteiger partial charge in [-0.15, -0.1) is 0 Å². The number of nitrogens with one attached hydrogen (secondary N) is 1. The highest BCUT2D eigenvalue weighted by molar-refractivity contribution is 5.97. The van der Waals surface area contributed by atoms with Gasteiger partial charge < -0.3 is 15.3 Å². The van der Waals surface area contributed by atoms with Gasteiger partial charge in [-0.3, -0.25) is 4.79 Å². The van der Waals surface area contributed by atoms with Crippen LogP contribution in [-0.2, 0) is 6.54 Å². The topological polar surface area (TPSA) is 82.5 Å². The highest BCUT2D eigenvalue weighted by Gasteiger charge is 2.12. The highest BCUT2D eigenvalue weighted by atomic mass is 16.4. The molecule has 1 aromatic heterocycles. The monoisotopic (exact) mass is 353 g/mol.